The molecule has 2 aromatic rings. The molecule has 0 bridgehead atoms. The molecule has 0 spiro atoms. The molecule has 0 aliphatic heterocycles. The van der Waals surface area contributed by atoms with Crippen LogP contribution in [0.25, 0.3) is 0 Å². The molecule has 1 heterocycles. The molecule has 0 aliphatic carbocycles. The summed E-state index contributed by atoms with van der Waals surface area (Å²) in [7, 11) is 0. The zero-order valence-electron chi connectivity index (χ0n) is 11.9. The van der Waals surface area contributed by atoms with Crippen LogP contribution in [0.15, 0.2) is 24.3 Å². The van der Waals surface area contributed by atoms with Crippen molar-refractivity contribution < 1.29 is 14.6 Å². The SMILES string of the molecule is CC(O)CNC(=O)Cn1nnnc1COc1ccc(Cl)cc1. The second-order valence-electron chi connectivity index (χ2n) is 4.65. The highest BCUT2D eigenvalue weighted by atomic mass is 35.5. The smallest absolute Gasteiger partial charge is 0.241 e. The molecule has 22 heavy (non-hydrogen) atoms. The molecule has 1 aromatic heterocycles. The fourth-order valence-electron chi connectivity index (χ4n) is 1.58. The average Bonchev–Trinajstić information content (AvgIpc) is 2.92. The van der Waals surface area contributed by atoms with Gasteiger partial charge in [-0.15, -0.1) is 5.10 Å². The van der Waals surface area contributed by atoms with Crippen molar-refractivity contribution in [3.05, 3.63) is 35.1 Å². The number of benzene rings is 1. The lowest BCUT2D eigenvalue weighted by molar-refractivity contribution is -0.122. The third-order valence-electron chi connectivity index (χ3n) is 2.68. The minimum atomic E-state index is -0.606. The molecule has 0 saturated carbocycles. The lowest BCUT2D eigenvalue weighted by Crippen LogP contribution is -2.33. The second-order valence-corrected chi connectivity index (χ2v) is 5.08. The Balaban J connectivity index is 1.89. The molecular formula is C13H16ClN5O3. The van der Waals surface area contributed by atoms with Gasteiger partial charge in [-0.05, 0) is 41.6 Å². The van der Waals surface area contributed by atoms with Gasteiger partial charge in [0.05, 0.1) is 6.10 Å². The Bertz CT molecular complexity index is 614. The van der Waals surface area contributed by atoms with E-state index in [1.54, 1.807) is 31.2 Å². The number of hydrogen-bond acceptors (Lipinski definition) is 6. The zero-order valence-corrected chi connectivity index (χ0v) is 12.7. The molecule has 9 heteroatoms. The number of hydrogen-bond donors (Lipinski definition) is 2. The summed E-state index contributed by atoms with van der Waals surface area (Å²) < 4.78 is 6.87. The molecule has 2 rings (SSSR count). The van der Waals surface area contributed by atoms with Gasteiger partial charge in [0.1, 0.15) is 18.9 Å². The summed E-state index contributed by atoms with van der Waals surface area (Å²) in [5, 5.41) is 23.4. The van der Waals surface area contributed by atoms with E-state index in [0.29, 0.717) is 16.6 Å². The van der Waals surface area contributed by atoms with Crippen molar-refractivity contribution in [1.82, 2.24) is 25.5 Å². The number of aliphatic hydroxyl groups is 1. The van der Waals surface area contributed by atoms with Crippen LogP contribution < -0.4 is 10.1 Å². The summed E-state index contributed by atoms with van der Waals surface area (Å²) in [5.41, 5.74) is 0. The van der Waals surface area contributed by atoms with Crippen molar-refractivity contribution in [3.8, 4) is 5.75 Å². The minimum Gasteiger partial charge on any atom is -0.486 e. The lowest BCUT2D eigenvalue weighted by atomic mass is 10.3. The first kappa shape index (κ1) is 16.2. The van der Waals surface area contributed by atoms with E-state index < -0.39 is 6.10 Å². The van der Waals surface area contributed by atoms with Crippen molar-refractivity contribution in [2.75, 3.05) is 6.54 Å². The van der Waals surface area contributed by atoms with Crippen molar-refractivity contribution in [2.24, 2.45) is 0 Å². The quantitative estimate of drug-likeness (QED) is 0.764. The highest BCUT2D eigenvalue weighted by Gasteiger charge is 2.11. The van der Waals surface area contributed by atoms with Gasteiger partial charge in [-0.3, -0.25) is 4.79 Å². The molecular weight excluding hydrogens is 310 g/mol. The predicted octanol–water partition coefficient (Wildman–Crippen LogP) is 0.403. The number of aliphatic hydroxyl groups excluding tert-OH is 1. The Kier molecular flexibility index (Phi) is 5.68. The maximum atomic E-state index is 11.7. The van der Waals surface area contributed by atoms with Crippen molar-refractivity contribution >= 4 is 17.5 Å². The molecule has 0 saturated heterocycles. The highest BCUT2D eigenvalue weighted by molar-refractivity contribution is 6.30. The van der Waals surface area contributed by atoms with Gasteiger partial charge in [0.15, 0.2) is 5.82 Å². The summed E-state index contributed by atoms with van der Waals surface area (Å²) in [4.78, 5) is 11.7. The maximum absolute atomic E-state index is 11.7. The molecule has 0 aliphatic rings. The Morgan fingerprint density at radius 3 is 2.86 bits per heavy atom. The summed E-state index contributed by atoms with van der Waals surface area (Å²) in [5.74, 6) is 0.751. The number of tetrazole rings is 1. The molecule has 0 fully saturated rings. The van der Waals surface area contributed by atoms with E-state index in [0.717, 1.165) is 0 Å². The van der Waals surface area contributed by atoms with Crippen LogP contribution in [-0.4, -0.2) is 43.9 Å². The van der Waals surface area contributed by atoms with Gasteiger partial charge >= 0.3 is 0 Å². The average molecular weight is 326 g/mol. The number of halogens is 1. The van der Waals surface area contributed by atoms with Crippen LogP contribution in [0.2, 0.25) is 5.02 Å². The van der Waals surface area contributed by atoms with Crippen LogP contribution in [0.4, 0.5) is 0 Å². The van der Waals surface area contributed by atoms with Crippen LogP contribution in [0.3, 0.4) is 0 Å². The highest BCUT2D eigenvalue weighted by Crippen LogP contribution is 2.16. The molecule has 1 amide bonds. The molecule has 1 atom stereocenters. The summed E-state index contributed by atoms with van der Waals surface area (Å²) >= 11 is 5.79. The standard InChI is InChI=1S/C13H16ClN5O3/c1-9(20)6-15-13(21)7-19-12(16-17-18-19)8-22-11-4-2-10(14)3-5-11/h2-5,9,20H,6-8H2,1H3,(H,15,21). The third-order valence-corrected chi connectivity index (χ3v) is 2.93. The van der Waals surface area contributed by atoms with Gasteiger partial charge < -0.3 is 15.2 Å². The van der Waals surface area contributed by atoms with Gasteiger partial charge in [-0.2, -0.15) is 0 Å². The number of carbonyl (C=O) groups is 1. The second kappa shape index (κ2) is 7.71. The molecule has 1 aromatic carbocycles. The fraction of sp³-hybridized carbons (Fsp3) is 0.385. The van der Waals surface area contributed by atoms with E-state index in [2.05, 4.69) is 20.8 Å². The zero-order chi connectivity index (χ0) is 15.9. The molecule has 0 radical (unpaired) electrons. The minimum absolute atomic E-state index is 0.0426. The van der Waals surface area contributed by atoms with Gasteiger partial charge in [-0.1, -0.05) is 11.6 Å². The molecule has 2 N–H and O–H groups in total. The van der Waals surface area contributed by atoms with E-state index in [9.17, 15) is 4.79 Å². The molecule has 1 unspecified atom stereocenters. The first-order chi connectivity index (χ1) is 10.5. The Labute approximate surface area is 132 Å². The lowest BCUT2D eigenvalue weighted by Gasteiger charge is -2.09. The van der Waals surface area contributed by atoms with Gasteiger partial charge in [0.2, 0.25) is 5.91 Å². The summed E-state index contributed by atoms with van der Waals surface area (Å²) in [6.07, 6.45) is -0.606. The van der Waals surface area contributed by atoms with Crippen LogP contribution >= 0.6 is 11.6 Å². The Morgan fingerprint density at radius 1 is 1.45 bits per heavy atom. The molecule has 8 nitrogen and oxygen atoms in total. The third kappa shape index (κ3) is 4.97. The van der Waals surface area contributed by atoms with Crippen molar-refractivity contribution in [1.29, 1.82) is 0 Å². The van der Waals surface area contributed by atoms with Crippen LogP contribution in [0.5, 0.6) is 5.75 Å². The van der Waals surface area contributed by atoms with E-state index in [1.807, 2.05) is 0 Å². The van der Waals surface area contributed by atoms with Crippen LogP contribution in [0, 0.1) is 0 Å². The summed E-state index contributed by atoms with van der Waals surface area (Å²) in [6, 6.07) is 6.88. The van der Waals surface area contributed by atoms with Crippen molar-refractivity contribution in [2.45, 2.75) is 26.2 Å². The van der Waals surface area contributed by atoms with Crippen LogP contribution in [-0.2, 0) is 17.9 Å². The maximum Gasteiger partial charge on any atom is 0.241 e. The number of nitrogens with zero attached hydrogens (tertiary/aromatic N) is 4. The topological polar surface area (TPSA) is 102 Å². The summed E-state index contributed by atoms with van der Waals surface area (Å²) in [6.45, 7) is 1.84. The predicted molar refractivity (Wildman–Crippen MR) is 78.3 cm³/mol. The molecule has 118 valence electrons. The van der Waals surface area contributed by atoms with E-state index in [4.69, 9.17) is 21.4 Å². The van der Waals surface area contributed by atoms with E-state index in [-0.39, 0.29) is 25.6 Å². The number of nitrogens with one attached hydrogen (secondary N) is 1. The largest absolute Gasteiger partial charge is 0.486 e. The Hall–Kier alpha value is -2.19. The van der Waals surface area contributed by atoms with Gasteiger partial charge in [0.25, 0.3) is 0 Å². The Morgan fingerprint density at radius 2 is 2.18 bits per heavy atom. The number of aromatic nitrogens is 4. The van der Waals surface area contributed by atoms with Gasteiger partial charge in [0, 0.05) is 11.6 Å². The number of carbonyl (C=O) groups excluding carboxylic acids is 1. The van der Waals surface area contributed by atoms with Crippen LogP contribution in [0.1, 0.15) is 12.7 Å². The monoisotopic (exact) mass is 325 g/mol. The van der Waals surface area contributed by atoms with E-state index in [1.165, 1.54) is 4.68 Å². The number of amides is 1. The normalized spacial score (nSPS) is 12.0. The fourth-order valence-corrected chi connectivity index (χ4v) is 1.71. The van der Waals surface area contributed by atoms with E-state index >= 15 is 0 Å². The first-order valence-corrected chi connectivity index (χ1v) is 7.00. The van der Waals surface area contributed by atoms with Gasteiger partial charge in [-0.25, -0.2) is 4.68 Å². The number of rotatable bonds is 7. The first-order valence-electron chi connectivity index (χ1n) is 6.63. The number of ether oxygens (including phenoxy) is 1. The van der Waals surface area contributed by atoms with Crippen molar-refractivity contribution in [3.63, 3.8) is 0 Å².